The number of hydrogen-bond donors (Lipinski definition) is 2. The van der Waals surface area contributed by atoms with E-state index in [1.165, 1.54) is 10.9 Å². The lowest BCUT2D eigenvalue weighted by Gasteiger charge is -2.25. The third-order valence-corrected chi connectivity index (χ3v) is 4.18. The second-order valence-corrected chi connectivity index (χ2v) is 5.87. The molecule has 0 atom stereocenters. The van der Waals surface area contributed by atoms with Crippen molar-refractivity contribution in [1.82, 2.24) is 0 Å². The van der Waals surface area contributed by atoms with E-state index < -0.39 is 0 Å². The highest BCUT2D eigenvalue weighted by molar-refractivity contribution is 7.10. The molecule has 0 saturated carbocycles. The van der Waals surface area contributed by atoms with Crippen LogP contribution in [0.4, 0.5) is 15.8 Å². The van der Waals surface area contributed by atoms with Crippen LogP contribution in [0, 0.1) is 5.82 Å². The van der Waals surface area contributed by atoms with Crippen LogP contribution < -0.4 is 11.1 Å². The fourth-order valence-corrected chi connectivity index (χ4v) is 2.64. The molecule has 0 radical (unpaired) electrons. The number of nitrogens with two attached hydrogens (primary N) is 1. The van der Waals surface area contributed by atoms with E-state index in [9.17, 15) is 4.39 Å². The van der Waals surface area contributed by atoms with Crippen molar-refractivity contribution in [3.05, 3.63) is 46.4 Å². The summed E-state index contributed by atoms with van der Waals surface area (Å²) < 4.78 is 13.6. The molecule has 0 aliphatic heterocycles. The number of hydrogen-bond acceptors (Lipinski definition) is 3. The fraction of sp³-hybridized carbons (Fsp3) is 0.286. The SMILES string of the molecule is CC(C)(CNc1c(N)cccc1F)c1cccs1. The van der Waals surface area contributed by atoms with E-state index in [0.29, 0.717) is 17.9 Å². The van der Waals surface area contributed by atoms with Gasteiger partial charge in [0.2, 0.25) is 0 Å². The van der Waals surface area contributed by atoms with Gasteiger partial charge < -0.3 is 11.1 Å². The van der Waals surface area contributed by atoms with Gasteiger partial charge in [-0.2, -0.15) is 0 Å². The molecule has 0 bridgehead atoms. The van der Waals surface area contributed by atoms with E-state index in [1.54, 1.807) is 23.5 Å². The Morgan fingerprint density at radius 2 is 2.06 bits per heavy atom. The minimum atomic E-state index is -0.308. The van der Waals surface area contributed by atoms with E-state index >= 15 is 0 Å². The quantitative estimate of drug-likeness (QED) is 0.823. The largest absolute Gasteiger partial charge is 0.397 e. The fourth-order valence-electron chi connectivity index (χ4n) is 1.79. The second-order valence-electron chi connectivity index (χ2n) is 4.92. The molecule has 1 aromatic carbocycles. The number of anilines is 2. The maximum atomic E-state index is 13.6. The van der Waals surface area contributed by atoms with Crippen LogP contribution in [-0.2, 0) is 5.41 Å². The summed E-state index contributed by atoms with van der Waals surface area (Å²) >= 11 is 1.71. The van der Waals surface area contributed by atoms with Gasteiger partial charge >= 0.3 is 0 Å². The highest BCUT2D eigenvalue weighted by Gasteiger charge is 2.22. The molecule has 0 aliphatic carbocycles. The number of para-hydroxylation sites is 1. The zero-order valence-corrected chi connectivity index (χ0v) is 11.4. The first kappa shape index (κ1) is 12.9. The average molecular weight is 264 g/mol. The molecule has 0 spiro atoms. The van der Waals surface area contributed by atoms with Crippen LogP contribution >= 0.6 is 11.3 Å². The zero-order chi connectivity index (χ0) is 13.2. The van der Waals surface area contributed by atoms with Gasteiger partial charge in [-0.15, -0.1) is 11.3 Å². The lowest BCUT2D eigenvalue weighted by Crippen LogP contribution is -2.27. The number of rotatable bonds is 4. The Hall–Kier alpha value is -1.55. The molecule has 0 unspecified atom stereocenters. The first-order valence-electron chi connectivity index (χ1n) is 5.82. The number of benzene rings is 1. The van der Waals surface area contributed by atoms with E-state index in [0.717, 1.165) is 0 Å². The molecule has 96 valence electrons. The van der Waals surface area contributed by atoms with Crippen LogP contribution in [0.1, 0.15) is 18.7 Å². The number of nitrogen functional groups attached to an aromatic ring is 1. The Labute approximate surface area is 111 Å². The highest BCUT2D eigenvalue weighted by Crippen LogP contribution is 2.29. The molecule has 2 nitrogen and oxygen atoms in total. The third kappa shape index (κ3) is 2.64. The Balaban J connectivity index is 2.12. The van der Waals surface area contributed by atoms with Crippen molar-refractivity contribution < 1.29 is 4.39 Å². The average Bonchev–Trinajstić information content (AvgIpc) is 2.82. The Kier molecular flexibility index (Phi) is 3.57. The Morgan fingerprint density at radius 3 is 2.67 bits per heavy atom. The van der Waals surface area contributed by atoms with Crippen molar-refractivity contribution >= 4 is 22.7 Å². The summed E-state index contributed by atoms with van der Waals surface area (Å²) in [6.07, 6.45) is 0. The van der Waals surface area contributed by atoms with Gasteiger partial charge in [-0.3, -0.25) is 0 Å². The van der Waals surface area contributed by atoms with Gasteiger partial charge in [-0.1, -0.05) is 26.0 Å². The summed E-state index contributed by atoms with van der Waals surface area (Å²) in [5.74, 6) is -0.308. The smallest absolute Gasteiger partial charge is 0.148 e. The van der Waals surface area contributed by atoms with Gasteiger partial charge in [-0.05, 0) is 23.6 Å². The number of thiophene rings is 1. The van der Waals surface area contributed by atoms with Gasteiger partial charge in [0, 0.05) is 16.8 Å². The Bertz CT molecular complexity index is 500. The molecular weight excluding hydrogens is 247 g/mol. The lowest BCUT2D eigenvalue weighted by molar-refractivity contribution is 0.564. The van der Waals surface area contributed by atoms with E-state index in [-0.39, 0.29) is 11.2 Å². The lowest BCUT2D eigenvalue weighted by atomic mass is 9.91. The van der Waals surface area contributed by atoms with Gasteiger partial charge in [0.15, 0.2) is 0 Å². The molecule has 0 amide bonds. The molecule has 2 rings (SSSR count). The molecule has 1 aromatic heterocycles. The van der Waals surface area contributed by atoms with Crippen LogP contribution in [0.2, 0.25) is 0 Å². The molecule has 18 heavy (non-hydrogen) atoms. The van der Waals surface area contributed by atoms with E-state index in [4.69, 9.17) is 5.73 Å². The summed E-state index contributed by atoms with van der Waals surface area (Å²) in [5.41, 5.74) is 6.55. The van der Waals surface area contributed by atoms with Crippen molar-refractivity contribution in [2.75, 3.05) is 17.6 Å². The second kappa shape index (κ2) is 4.98. The number of nitrogens with one attached hydrogen (secondary N) is 1. The van der Waals surface area contributed by atoms with Crippen LogP contribution in [0.15, 0.2) is 35.7 Å². The minimum Gasteiger partial charge on any atom is -0.397 e. The Morgan fingerprint density at radius 1 is 1.28 bits per heavy atom. The summed E-state index contributed by atoms with van der Waals surface area (Å²) in [5, 5.41) is 5.17. The van der Waals surface area contributed by atoms with Crippen LogP contribution in [-0.4, -0.2) is 6.54 Å². The predicted octanol–water partition coefficient (Wildman–Crippen LogP) is 3.86. The summed E-state index contributed by atoms with van der Waals surface area (Å²) in [7, 11) is 0. The molecule has 1 heterocycles. The minimum absolute atomic E-state index is 0.0527. The standard InChI is InChI=1S/C14H17FN2S/c1-14(2,12-7-4-8-18-12)9-17-13-10(15)5-3-6-11(13)16/h3-8,17H,9,16H2,1-2H3. The van der Waals surface area contributed by atoms with Gasteiger partial charge in [0.1, 0.15) is 5.82 Å². The molecule has 3 N–H and O–H groups in total. The van der Waals surface area contributed by atoms with Crippen LogP contribution in [0.3, 0.4) is 0 Å². The molecule has 0 aliphatic rings. The number of halogens is 1. The molecule has 0 saturated heterocycles. The molecular formula is C14H17FN2S. The summed E-state index contributed by atoms with van der Waals surface area (Å²) in [6.45, 7) is 4.89. The van der Waals surface area contributed by atoms with Gasteiger partial charge in [-0.25, -0.2) is 4.39 Å². The predicted molar refractivity (Wildman–Crippen MR) is 76.6 cm³/mol. The molecule has 2 aromatic rings. The third-order valence-electron chi connectivity index (χ3n) is 2.94. The normalized spacial score (nSPS) is 11.5. The van der Waals surface area contributed by atoms with E-state index in [1.807, 2.05) is 6.07 Å². The summed E-state index contributed by atoms with van der Waals surface area (Å²) in [4.78, 5) is 1.27. The van der Waals surface area contributed by atoms with Crippen molar-refractivity contribution in [2.24, 2.45) is 0 Å². The maximum Gasteiger partial charge on any atom is 0.148 e. The monoisotopic (exact) mass is 264 g/mol. The molecule has 0 fully saturated rings. The topological polar surface area (TPSA) is 38.0 Å². The summed E-state index contributed by atoms with van der Waals surface area (Å²) in [6, 6.07) is 8.84. The van der Waals surface area contributed by atoms with E-state index in [2.05, 4.69) is 30.6 Å². The first-order valence-corrected chi connectivity index (χ1v) is 6.70. The maximum absolute atomic E-state index is 13.6. The van der Waals surface area contributed by atoms with Crippen LogP contribution in [0.25, 0.3) is 0 Å². The highest BCUT2D eigenvalue weighted by atomic mass is 32.1. The molecule has 4 heteroatoms. The van der Waals surface area contributed by atoms with Crippen LogP contribution in [0.5, 0.6) is 0 Å². The first-order chi connectivity index (χ1) is 8.50. The zero-order valence-electron chi connectivity index (χ0n) is 10.5. The van der Waals surface area contributed by atoms with Crippen molar-refractivity contribution in [2.45, 2.75) is 19.3 Å². The van der Waals surface area contributed by atoms with Crippen molar-refractivity contribution in [3.63, 3.8) is 0 Å². The van der Waals surface area contributed by atoms with Crippen molar-refractivity contribution in [1.29, 1.82) is 0 Å². The van der Waals surface area contributed by atoms with Gasteiger partial charge in [0.05, 0.1) is 11.4 Å². The van der Waals surface area contributed by atoms with Gasteiger partial charge in [0.25, 0.3) is 0 Å². The van der Waals surface area contributed by atoms with Crippen molar-refractivity contribution in [3.8, 4) is 0 Å².